The summed E-state index contributed by atoms with van der Waals surface area (Å²) in [5, 5.41) is 0. The second-order valence-corrected chi connectivity index (χ2v) is 6.52. The minimum absolute atomic E-state index is 0.0133. The molecule has 1 heterocycles. The Kier molecular flexibility index (Phi) is 4.08. The number of hydrogen-bond acceptors (Lipinski definition) is 2. The molecule has 0 fully saturated rings. The number of anilines is 2. The van der Waals surface area contributed by atoms with Gasteiger partial charge in [0.05, 0.1) is 11.4 Å². The van der Waals surface area contributed by atoms with Crippen molar-refractivity contribution in [3.8, 4) is 0 Å². The van der Waals surface area contributed by atoms with Crippen molar-refractivity contribution >= 4 is 23.2 Å². The normalized spacial score (nSPS) is 18.7. The van der Waals surface area contributed by atoms with Crippen LogP contribution in [0.5, 0.6) is 0 Å². The number of rotatable bonds is 2. The van der Waals surface area contributed by atoms with Gasteiger partial charge in [-0.3, -0.25) is 14.5 Å². The zero-order valence-corrected chi connectivity index (χ0v) is 13.5. The lowest BCUT2D eigenvalue weighted by molar-refractivity contribution is -0.125. The third-order valence-electron chi connectivity index (χ3n) is 3.75. The van der Waals surface area contributed by atoms with Crippen LogP contribution in [-0.4, -0.2) is 23.4 Å². The van der Waals surface area contributed by atoms with Gasteiger partial charge in [-0.05, 0) is 46.2 Å². The molecule has 0 aliphatic carbocycles. The van der Waals surface area contributed by atoms with E-state index in [-0.39, 0.29) is 17.4 Å². The van der Waals surface area contributed by atoms with Crippen LogP contribution in [0.25, 0.3) is 0 Å². The summed E-state index contributed by atoms with van der Waals surface area (Å²) in [6.45, 7) is 9.82. The van der Waals surface area contributed by atoms with Gasteiger partial charge < -0.3 is 4.90 Å². The van der Waals surface area contributed by atoms with Gasteiger partial charge in [-0.1, -0.05) is 19.1 Å². The largest absolute Gasteiger partial charge is 0.303 e. The van der Waals surface area contributed by atoms with Crippen molar-refractivity contribution in [2.75, 3.05) is 9.80 Å². The Morgan fingerprint density at radius 2 is 1.76 bits per heavy atom. The second kappa shape index (κ2) is 5.51. The Labute approximate surface area is 126 Å². The first-order valence-corrected chi connectivity index (χ1v) is 7.54. The maximum Gasteiger partial charge on any atom is 0.250 e. The van der Waals surface area contributed by atoms with E-state index in [1.807, 2.05) is 63.8 Å². The molecule has 0 radical (unpaired) electrons. The summed E-state index contributed by atoms with van der Waals surface area (Å²) in [5.41, 5.74) is 1.33. The second-order valence-electron chi connectivity index (χ2n) is 6.52. The summed E-state index contributed by atoms with van der Waals surface area (Å²) >= 11 is 0. The van der Waals surface area contributed by atoms with Gasteiger partial charge in [0.25, 0.3) is 0 Å². The molecule has 1 aliphatic rings. The molecule has 114 valence electrons. The lowest BCUT2D eigenvalue weighted by Crippen LogP contribution is -2.59. The number of carbonyl (C=O) groups is 2. The van der Waals surface area contributed by atoms with Crippen LogP contribution >= 0.6 is 0 Å². The monoisotopic (exact) mass is 288 g/mol. The van der Waals surface area contributed by atoms with Gasteiger partial charge in [0, 0.05) is 12.0 Å². The number of benzene rings is 1. The molecule has 1 aromatic rings. The van der Waals surface area contributed by atoms with Crippen LogP contribution < -0.4 is 9.80 Å². The first kappa shape index (κ1) is 15.5. The van der Waals surface area contributed by atoms with Crippen LogP contribution in [0.4, 0.5) is 11.4 Å². The van der Waals surface area contributed by atoms with Crippen molar-refractivity contribution in [3.63, 3.8) is 0 Å². The lowest BCUT2D eigenvalue weighted by Gasteiger charge is -2.46. The Morgan fingerprint density at radius 1 is 1.19 bits per heavy atom. The zero-order chi connectivity index (χ0) is 15.8. The molecule has 0 saturated carbocycles. The van der Waals surface area contributed by atoms with Crippen molar-refractivity contribution in [2.45, 2.75) is 59.0 Å². The fourth-order valence-electron chi connectivity index (χ4n) is 2.86. The molecule has 21 heavy (non-hydrogen) atoms. The smallest absolute Gasteiger partial charge is 0.250 e. The topological polar surface area (TPSA) is 40.6 Å². The number of amides is 2. The minimum Gasteiger partial charge on any atom is -0.303 e. The fraction of sp³-hybridized carbons (Fsp3) is 0.529. The molecule has 1 unspecified atom stereocenters. The predicted molar refractivity (Wildman–Crippen MR) is 85.5 cm³/mol. The SMILES string of the molecule is CCCC(=O)N1c2ccccc2N(C(C)(C)C)C(=O)C1C. The molecule has 1 aliphatic heterocycles. The summed E-state index contributed by atoms with van der Waals surface area (Å²) in [5.74, 6) is -0.00925. The van der Waals surface area contributed by atoms with E-state index >= 15 is 0 Å². The number of carbonyl (C=O) groups excluding carboxylic acids is 2. The first-order valence-electron chi connectivity index (χ1n) is 7.54. The Hall–Kier alpha value is -1.84. The van der Waals surface area contributed by atoms with Crippen molar-refractivity contribution in [2.24, 2.45) is 0 Å². The zero-order valence-electron chi connectivity index (χ0n) is 13.5. The molecule has 1 atom stereocenters. The van der Waals surface area contributed by atoms with Crippen LogP contribution in [0.1, 0.15) is 47.5 Å². The van der Waals surface area contributed by atoms with Crippen LogP contribution in [0, 0.1) is 0 Å². The summed E-state index contributed by atoms with van der Waals surface area (Å²) in [7, 11) is 0. The van der Waals surface area contributed by atoms with Crippen LogP contribution in [-0.2, 0) is 9.59 Å². The molecule has 0 aromatic heterocycles. The molecule has 2 amide bonds. The quantitative estimate of drug-likeness (QED) is 0.837. The Morgan fingerprint density at radius 3 is 2.29 bits per heavy atom. The van der Waals surface area contributed by atoms with Crippen molar-refractivity contribution in [1.29, 1.82) is 0 Å². The van der Waals surface area contributed by atoms with E-state index in [1.54, 1.807) is 4.90 Å². The molecule has 0 saturated heterocycles. The van der Waals surface area contributed by atoms with Gasteiger partial charge in [0.1, 0.15) is 6.04 Å². The highest BCUT2D eigenvalue weighted by molar-refractivity contribution is 6.13. The standard InChI is InChI=1S/C17H24N2O2/c1-6-9-15(20)18-12(2)16(21)19(17(3,4)5)14-11-8-7-10-13(14)18/h7-8,10-12H,6,9H2,1-5H3. The summed E-state index contributed by atoms with van der Waals surface area (Å²) in [6.07, 6.45) is 1.24. The first-order chi connectivity index (χ1) is 9.79. The highest BCUT2D eigenvalue weighted by Gasteiger charge is 2.42. The number of fused-ring (bicyclic) bond motifs is 1. The van der Waals surface area contributed by atoms with Crippen LogP contribution in [0.15, 0.2) is 24.3 Å². The molecule has 2 rings (SSSR count). The van der Waals surface area contributed by atoms with Crippen molar-refractivity contribution in [3.05, 3.63) is 24.3 Å². The average molecular weight is 288 g/mol. The molecule has 0 bridgehead atoms. The van der Waals surface area contributed by atoms with E-state index in [4.69, 9.17) is 0 Å². The summed E-state index contributed by atoms with van der Waals surface area (Å²) in [4.78, 5) is 28.7. The predicted octanol–water partition coefficient (Wildman–Crippen LogP) is 3.35. The van der Waals surface area contributed by atoms with Crippen molar-refractivity contribution < 1.29 is 9.59 Å². The van der Waals surface area contributed by atoms with E-state index < -0.39 is 6.04 Å². The Bertz CT molecular complexity index is 560. The summed E-state index contributed by atoms with van der Waals surface area (Å²) in [6, 6.07) is 7.19. The van der Waals surface area contributed by atoms with Crippen molar-refractivity contribution in [1.82, 2.24) is 0 Å². The number of nitrogens with zero attached hydrogens (tertiary/aromatic N) is 2. The van der Waals surface area contributed by atoms with E-state index in [0.717, 1.165) is 17.8 Å². The lowest BCUT2D eigenvalue weighted by atomic mass is 9.98. The van der Waals surface area contributed by atoms with E-state index in [2.05, 4.69) is 0 Å². The molecule has 4 nitrogen and oxygen atoms in total. The highest BCUT2D eigenvalue weighted by atomic mass is 16.2. The molecular weight excluding hydrogens is 264 g/mol. The molecule has 0 spiro atoms. The maximum absolute atomic E-state index is 12.8. The van der Waals surface area contributed by atoms with Crippen LogP contribution in [0.2, 0.25) is 0 Å². The van der Waals surface area contributed by atoms with Gasteiger partial charge in [-0.15, -0.1) is 0 Å². The van der Waals surface area contributed by atoms with Crippen LogP contribution in [0.3, 0.4) is 0 Å². The van der Waals surface area contributed by atoms with E-state index in [9.17, 15) is 9.59 Å². The fourth-order valence-corrected chi connectivity index (χ4v) is 2.86. The van der Waals surface area contributed by atoms with Gasteiger partial charge in [-0.25, -0.2) is 0 Å². The van der Waals surface area contributed by atoms with Gasteiger partial charge in [-0.2, -0.15) is 0 Å². The minimum atomic E-state index is -0.460. The molecule has 0 N–H and O–H groups in total. The third-order valence-corrected chi connectivity index (χ3v) is 3.75. The number of para-hydroxylation sites is 2. The maximum atomic E-state index is 12.8. The molecule has 4 heteroatoms. The third kappa shape index (κ3) is 2.67. The van der Waals surface area contributed by atoms with E-state index in [0.29, 0.717) is 6.42 Å². The van der Waals surface area contributed by atoms with E-state index in [1.165, 1.54) is 0 Å². The average Bonchev–Trinajstić information content (AvgIpc) is 2.38. The molecular formula is C17H24N2O2. The van der Waals surface area contributed by atoms with Gasteiger partial charge in [0.2, 0.25) is 11.8 Å². The Balaban J connectivity index is 2.58. The van der Waals surface area contributed by atoms with Gasteiger partial charge in [0.15, 0.2) is 0 Å². The molecule has 1 aromatic carbocycles. The number of hydrogen-bond donors (Lipinski definition) is 0. The summed E-state index contributed by atoms with van der Waals surface area (Å²) < 4.78 is 0. The highest BCUT2D eigenvalue weighted by Crippen LogP contribution is 2.39. The van der Waals surface area contributed by atoms with Gasteiger partial charge >= 0.3 is 0 Å².